The standard InChI is InChI=1S/C10H13F2N5/c1-7-9(6-17(14-7)10(11)12)13-5-8-3-4-16(2)15-8/h3-4,6,10,13H,5H2,1-2H3. The number of nitrogens with zero attached hydrogens (tertiary/aromatic N) is 4. The van der Waals surface area contributed by atoms with Gasteiger partial charge < -0.3 is 5.32 Å². The Hall–Kier alpha value is -1.92. The Balaban J connectivity index is 2.03. The normalized spacial score (nSPS) is 11.1. The van der Waals surface area contributed by atoms with Crippen LogP contribution in [0.1, 0.15) is 17.9 Å². The smallest absolute Gasteiger partial charge is 0.333 e. The fourth-order valence-electron chi connectivity index (χ4n) is 1.50. The van der Waals surface area contributed by atoms with Gasteiger partial charge in [-0.2, -0.15) is 19.0 Å². The van der Waals surface area contributed by atoms with Gasteiger partial charge in [-0.1, -0.05) is 0 Å². The first kappa shape index (κ1) is 11.6. The number of halogens is 2. The third-order valence-electron chi connectivity index (χ3n) is 2.35. The number of anilines is 1. The van der Waals surface area contributed by atoms with E-state index in [2.05, 4.69) is 15.5 Å². The Bertz CT molecular complexity index is 503. The van der Waals surface area contributed by atoms with E-state index in [0.717, 1.165) is 5.69 Å². The highest BCUT2D eigenvalue weighted by Gasteiger charge is 2.11. The van der Waals surface area contributed by atoms with Crippen LogP contribution in [0.4, 0.5) is 14.5 Å². The topological polar surface area (TPSA) is 47.7 Å². The number of hydrogen-bond acceptors (Lipinski definition) is 3. The fraction of sp³-hybridized carbons (Fsp3) is 0.400. The summed E-state index contributed by atoms with van der Waals surface area (Å²) in [5, 5.41) is 10.9. The molecule has 0 saturated heterocycles. The Morgan fingerprint density at radius 1 is 1.41 bits per heavy atom. The molecule has 0 aliphatic rings. The Morgan fingerprint density at radius 2 is 2.18 bits per heavy atom. The van der Waals surface area contributed by atoms with Crippen LogP contribution in [0.25, 0.3) is 0 Å². The van der Waals surface area contributed by atoms with Crippen molar-refractivity contribution in [1.82, 2.24) is 19.6 Å². The summed E-state index contributed by atoms with van der Waals surface area (Å²) in [5.41, 5.74) is 1.98. The van der Waals surface area contributed by atoms with Crippen LogP contribution in [0.2, 0.25) is 0 Å². The summed E-state index contributed by atoms with van der Waals surface area (Å²) in [6.45, 7) is -0.449. The molecule has 2 rings (SSSR count). The average molecular weight is 241 g/mol. The van der Waals surface area contributed by atoms with Gasteiger partial charge >= 0.3 is 6.55 Å². The van der Waals surface area contributed by atoms with Crippen molar-refractivity contribution >= 4 is 5.69 Å². The largest absolute Gasteiger partial charge is 0.377 e. The van der Waals surface area contributed by atoms with Crippen LogP contribution < -0.4 is 5.32 Å². The first-order chi connectivity index (χ1) is 8.06. The molecule has 0 spiro atoms. The second-order valence-electron chi connectivity index (χ2n) is 3.72. The predicted octanol–water partition coefficient (Wildman–Crippen LogP) is 1.93. The van der Waals surface area contributed by atoms with Crippen molar-refractivity contribution in [2.75, 3.05) is 5.32 Å². The van der Waals surface area contributed by atoms with Crippen molar-refractivity contribution in [3.05, 3.63) is 29.8 Å². The lowest BCUT2D eigenvalue weighted by Gasteiger charge is -2.01. The molecule has 1 N–H and O–H groups in total. The van der Waals surface area contributed by atoms with Gasteiger partial charge in [-0.25, -0.2) is 4.68 Å². The summed E-state index contributed by atoms with van der Waals surface area (Å²) in [7, 11) is 1.82. The molecule has 0 radical (unpaired) electrons. The fourth-order valence-corrected chi connectivity index (χ4v) is 1.50. The Morgan fingerprint density at radius 3 is 2.71 bits per heavy atom. The van der Waals surface area contributed by atoms with E-state index in [0.29, 0.717) is 22.6 Å². The molecule has 0 aliphatic heterocycles. The minimum absolute atomic E-state index is 0.483. The van der Waals surface area contributed by atoms with E-state index in [1.165, 1.54) is 6.20 Å². The van der Waals surface area contributed by atoms with Crippen LogP contribution in [-0.2, 0) is 13.6 Å². The lowest BCUT2D eigenvalue weighted by molar-refractivity contribution is 0.0563. The number of hydrogen-bond donors (Lipinski definition) is 1. The van der Waals surface area contributed by atoms with E-state index in [1.54, 1.807) is 11.6 Å². The number of nitrogens with one attached hydrogen (secondary N) is 1. The lowest BCUT2D eigenvalue weighted by atomic mass is 10.3. The maximum Gasteiger partial charge on any atom is 0.333 e. The molecule has 92 valence electrons. The number of alkyl halides is 2. The zero-order valence-corrected chi connectivity index (χ0v) is 9.56. The summed E-state index contributed by atoms with van der Waals surface area (Å²) in [5.74, 6) is 0. The molecule has 0 aromatic carbocycles. The molecule has 0 bridgehead atoms. The predicted molar refractivity (Wildman–Crippen MR) is 58.8 cm³/mol. The second kappa shape index (κ2) is 4.52. The van der Waals surface area contributed by atoms with E-state index in [9.17, 15) is 8.78 Å². The Kier molecular flexibility index (Phi) is 3.08. The van der Waals surface area contributed by atoms with Crippen molar-refractivity contribution in [2.45, 2.75) is 20.0 Å². The van der Waals surface area contributed by atoms with Gasteiger partial charge in [0.1, 0.15) is 0 Å². The zero-order valence-electron chi connectivity index (χ0n) is 9.56. The quantitative estimate of drug-likeness (QED) is 0.889. The summed E-state index contributed by atoms with van der Waals surface area (Å²) in [6.07, 6.45) is 3.12. The lowest BCUT2D eigenvalue weighted by Crippen LogP contribution is -2.01. The molecule has 0 atom stereocenters. The van der Waals surface area contributed by atoms with Crippen LogP contribution in [0, 0.1) is 6.92 Å². The molecule has 2 heterocycles. The van der Waals surface area contributed by atoms with Gasteiger partial charge in [-0.3, -0.25) is 4.68 Å². The van der Waals surface area contributed by atoms with E-state index in [1.807, 2.05) is 19.3 Å². The highest BCUT2D eigenvalue weighted by Crippen LogP contribution is 2.18. The van der Waals surface area contributed by atoms with Gasteiger partial charge in [0.05, 0.1) is 29.8 Å². The van der Waals surface area contributed by atoms with Crippen molar-refractivity contribution in [1.29, 1.82) is 0 Å². The molecule has 17 heavy (non-hydrogen) atoms. The van der Waals surface area contributed by atoms with Crippen molar-refractivity contribution in [3.63, 3.8) is 0 Å². The molecule has 0 saturated carbocycles. The monoisotopic (exact) mass is 241 g/mol. The van der Waals surface area contributed by atoms with Crippen molar-refractivity contribution in [3.8, 4) is 0 Å². The molecule has 0 aliphatic carbocycles. The molecular weight excluding hydrogens is 228 g/mol. The first-order valence-corrected chi connectivity index (χ1v) is 5.12. The van der Waals surface area contributed by atoms with Gasteiger partial charge in [0.2, 0.25) is 0 Å². The van der Waals surface area contributed by atoms with Gasteiger partial charge in [-0.05, 0) is 13.0 Å². The molecule has 2 aromatic heterocycles. The van der Waals surface area contributed by atoms with Gasteiger partial charge in [0.25, 0.3) is 0 Å². The van der Waals surface area contributed by atoms with Gasteiger partial charge in [-0.15, -0.1) is 0 Å². The van der Waals surface area contributed by atoms with Crippen LogP contribution in [0.5, 0.6) is 0 Å². The summed E-state index contributed by atoms with van der Waals surface area (Å²) in [6, 6.07) is 1.86. The van der Waals surface area contributed by atoms with Gasteiger partial charge in [0.15, 0.2) is 0 Å². The highest BCUT2D eigenvalue weighted by molar-refractivity contribution is 5.45. The minimum Gasteiger partial charge on any atom is -0.377 e. The van der Waals surface area contributed by atoms with Crippen LogP contribution >= 0.6 is 0 Å². The van der Waals surface area contributed by atoms with Gasteiger partial charge in [0, 0.05) is 13.2 Å². The molecule has 0 amide bonds. The van der Waals surface area contributed by atoms with Crippen molar-refractivity contribution < 1.29 is 8.78 Å². The molecule has 2 aromatic rings. The molecular formula is C10H13F2N5. The third-order valence-corrected chi connectivity index (χ3v) is 2.35. The third kappa shape index (κ3) is 2.61. The summed E-state index contributed by atoms with van der Waals surface area (Å²) < 4.78 is 27.1. The second-order valence-corrected chi connectivity index (χ2v) is 3.72. The SMILES string of the molecule is Cc1nn(C(F)F)cc1NCc1ccn(C)n1. The Labute approximate surface area is 97.0 Å². The summed E-state index contributed by atoms with van der Waals surface area (Å²) in [4.78, 5) is 0. The number of rotatable bonds is 4. The maximum absolute atomic E-state index is 12.4. The average Bonchev–Trinajstić information content (AvgIpc) is 2.82. The number of aromatic nitrogens is 4. The number of aryl methyl sites for hydroxylation is 2. The van der Waals surface area contributed by atoms with E-state index in [4.69, 9.17) is 0 Å². The van der Waals surface area contributed by atoms with Crippen LogP contribution in [0.3, 0.4) is 0 Å². The minimum atomic E-state index is -2.61. The van der Waals surface area contributed by atoms with Crippen LogP contribution in [0.15, 0.2) is 18.5 Å². The van der Waals surface area contributed by atoms with E-state index in [-0.39, 0.29) is 0 Å². The molecule has 7 heteroatoms. The molecule has 0 unspecified atom stereocenters. The molecule has 0 fully saturated rings. The maximum atomic E-state index is 12.4. The zero-order chi connectivity index (χ0) is 12.4. The van der Waals surface area contributed by atoms with E-state index < -0.39 is 6.55 Å². The van der Waals surface area contributed by atoms with E-state index >= 15 is 0 Å². The van der Waals surface area contributed by atoms with Crippen LogP contribution in [-0.4, -0.2) is 19.6 Å². The highest BCUT2D eigenvalue weighted by atomic mass is 19.3. The summed E-state index contributed by atoms with van der Waals surface area (Å²) >= 11 is 0. The van der Waals surface area contributed by atoms with Crippen molar-refractivity contribution in [2.24, 2.45) is 7.05 Å². The first-order valence-electron chi connectivity index (χ1n) is 5.12. The molecule has 5 nitrogen and oxygen atoms in total.